The number of carbonyl (C=O) groups excluding carboxylic acids is 1. The number of thiocarbonyl (C=S) groups is 1. The van der Waals surface area contributed by atoms with E-state index in [-0.39, 0.29) is 5.91 Å². The van der Waals surface area contributed by atoms with Crippen molar-refractivity contribution in [2.45, 2.75) is 25.3 Å². The molecule has 1 fully saturated rings. The van der Waals surface area contributed by atoms with Crippen LogP contribution in [0, 0.1) is 0 Å². The molecule has 144 valence electrons. The second-order valence-electron chi connectivity index (χ2n) is 6.60. The summed E-state index contributed by atoms with van der Waals surface area (Å²) >= 11 is 8.06. The first-order valence-corrected chi connectivity index (χ1v) is 11.4. The molecule has 0 aliphatic carbocycles. The Kier molecular flexibility index (Phi) is 6.49. The van der Waals surface area contributed by atoms with Crippen molar-refractivity contribution in [2.24, 2.45) is 0 Å². The second-order valence-corrected chi connectivity index (χ2v) is 9.26. The molecule has 0 bridgehead atoms. The number of nitrogens with zero attached hydrogens (tertiary/aromatic N) is 2. The normalized spacial score (nSPS) is 19.6. The Morgan fingerprint density at radius 1 is 1.48 bits per heavy atom. The van der Waals surface area contributed by atoms with Crippen molar-refractivity contribution < 1.29 is 14.7 Å². The monoisotopic (exact) mass is 422 g/mol. The van der Waals surface area contributed by atoms with Crippen molar-refractivity contribution in [2.75, 3.05) is 30.5 Å². The van der Waals surface area contributed by atoms with E-state index in [9.17, 15) is 14.7 Å². The molecule has 1 N–H and O–H groups in total. The van der Waals surface area contributed by atoms with Gasteiger partial charge in [-0.3, -0.25) is 9.69 Å². The summed E-state index contributed by atoms with van der Waals surface area (Å²) in [5.41, 5.74) is 3.45. The molecule has 0 radical (unpaired) electrons. The average molecular weight is 423 g/mol. The Morgan fingerprint density at radius 3 is 2.96 bits per heavy atom. The number of benzene rings is 1. The zero-order chi connectivity index (χ0) is 19.6. The summed E-state index contributed by atoms with van der Waals surface area (Å²) in [7, 11) is 2.09. The Hall–Kier alpha value is -1.51. The topological polar surface area (TPSA) is 60.9 Å². The van der Waals surface area contributed by atoms with Crippen LogP contribution in [0.2, 0.25) is 0 Å². The predicted octanol–water partition coefficient (Wildman–Crippen LogP) is 3.48. The van der Waals surface area contributed by atoms with E-state index in [1.54, 1.807) is 11.8 Å². The third-order valence-electron chi connectivity index (χ3n) is 4.77. The molecule has 1 aromatic rings. The van der Waals surface area contributed by atoms with Crippen molar-refractivity contribution in [1.82, 2.24) is 4.90 Å². The van der Waals surface area contributed by atoms with Crippen LogP contribution in [0.3, 0.4) is 0 Å². The highest BCUT2D eigenvalue weighted by molar-refractivity contribution is 8.26. The maximum absolute atomic E-state index is 12.8. The smallest absolute Gasteiger partial charge is 0.326 e. The van der Waals surface area contributed by atoms with Crippen molar-refractivity contribution in [3.8, 4) is 0 Å². The van der Waals surface area contributed by atoms with Gasteiger partial charge in [0.2, 0.25) is 0 Å². The van der Waals surface area contributed by atoms with Gasteiger partial charge in [-0.2, -0.15) is 11.8 Å². The number of rotatable bonds is 6. The first-order valence-electron chi connectivity index (χ1n) is 8.75. The van der Waals surface area contributed by atoms with E-state index in [0.717, 1.165) is 24.9 Å². The standard InChI is InChI=1S/C19H22N2O3S3/c1-20-8-3-4-13-10-12(5-6-14(13)20)11-16-17(22)21(19(25)27-16)15(18(23)24)7-9-26-2/h5-6,10-11,15H,3-4,7-9H2,1-2H3,(H,23,24)/b16-11+/t15-/m1/s1. The molecule has 1 amide bonds. The molecule has 0 aromatic heterocycles. The Labute approximate surface area is 173 Å². The number of thioether (sulfide) groups is 2. The largest absolute Gasteiger partial charge is 0.480 e. The van der Waals surface area contributed by atoms with Gasteiger partial charge in [-0.1, -0.05) is 30.0 Å². The highest BCUT2D eigenvalue weighted by atomic mass is 32.2. The molecule has 0 spiro atoms. The van der Waals surface area contributed by atoms with Gasteiger partial charge in [-0.05, 0) is 60.6 Å². The third-order valence-corrected chi connectivity index (χ3v) is 6.74. The molecule has 1 aromatic carbocycles. The molecule has 3 rings (SSSR count). The van der Waals surface area contributed by atoms with Gasteiger partial charge in [0, 0.05) is 19.3 Å². The van der Waals surface area contributed by atoms with Gasteiger partial charge in [0.25, 0.3) is 5.91 Å². The number of hydrogen-bond acceptors (Lipinski definition) is 6. The number of carboxylic acids is 1. The zero-order valence-corrected chi connectivity index (χ0v) is 17.8. The number of aliphatic carboxylic acids is 1. The molecule has 2 heterocycles. The second kappa shape index (κ2) is 8.67. The molecule has 0 unspecified atom stereocenters. The number of aryl methyl sites for hydroxylation is 1. The molecule has 2 aliphatic heterocycles. The van der Waals surface area contributed by atoms with Crippen LogP contribution in [0.1, 0.15) is 24.0 Å². The SMILES string of the molecule is CSCC[C@H](C(=O)O)N1C(=O)/C(=C\c2ccc3c(c2)CCCN3C)SC1=S. The van der Waals surface area contributed by atoms with E-state index in [4.69, 9.17) is 12.2 Å². The van der Waals surface area contributed by atoms with Gasteiger partial charge in [0.05, 0.1) is 4.91 Å². The fraction of sp³-hybridized carbons (Fsp3) is 0.421. The van der Waals surface area contributed by atoms with Crippen LogP contribution in [0.5, 0.6) is 0 Å². The van der Waals surface area contributed by atoms with Crippen LogP contribution in [-0.2, 0) is 16.0 Å². The van der Waals surface area contributed by atoms with Crippen LogP contribution in [0.4, 0.5) is 5.69 Å². The highest BCUT2D eigenvalue weighted by Crippen LogP contribution is 2.36. The van der Waals surface area contributed by atoms with E-state index in [0.29, 0.717) is 21.4 Å². The first-order chi connectivity index (χ1) is 12.9. The highest BCUT2D eigenvalue weighted by Gasteiger charge is 2.40. The van der Waals surface area contributed by atoms with E-state index < -0.39 is 12.0 Å². The Morgan fingerprint density at radius 2 is 2.26 bits per heavy atom. The fourth-order valence-electron chi connectivity index (χ4n) is 3.39. The lowest BCUT2D eigenvalue weighted by Gasteiger charge is -2.27. The molecular weight excluding hydrogens is 400 g/mol. The molecule has 5 nitrogen and oxygen atoms in total. The van der Waals surface area contributed by atoms with Gasteiger partial charge in [0.15, 0.2) is 0 Å². The summed E-state index contributed by atoms with van der Waals surface area (Å²) in [6.07, 6.45) is 6.25. The number of amides is 1. The molecule has 1 saturated heterocycles. The lowest BCUT2D eigenvalue weighted by molar-refractivity contribution is -0.145. The number of anilines is 1. The van der Waals surface area contributed by atoms with Gasteiger partial charge < -0.3 is 10.0 Å². The summed E-state index contributed by atoms with van der Waals surface area (Å²) in [6.45, 7) is 1.05. The van der Waals surface area contributed by atoms with Crippen molar-refractivity contribution in [3.63, 3.8) is 0 Å². The summed E-state index contributed by atoms with van der Waals surface area (Å²) in [5.74, 6) is -0.669. The van der Waals surface area contributed by atoms with Gasteiger partial charge in [-0.15, -0.1) is 0 Å². The lowest BCUT2D eigenvalue weighted by Crippen LogP contribution is -2.44. The summed E-state index contributed by atoms with van der Waals surface area (Å²) in [4.78, 5) is 28.5. The minimum Gasteiger partial charge on any atom is -0.480 e. The van der Waals surface area contributed by atoms with Crippen LogP contribution < -0.4 is 4.90 Å². The Bertz CT molecular complexity index is 809. The third kappa shape index (κ3) is 4.33. The van der Waals surface area contributed by atoms with Gasteiger partial charge in [-0.25, -0.2) is 4.79 Å². The van der Waals surface area contributed by atoms with E-state index in [1.165, 1.54) is 27.9 Å². The van der Waals surface area contributed by atoms with Crippen molar-refractivity contribution >= 4 is 63.7 Å². The van der Waals surface area contributed by atoms with Crippen molar-refractivity contribution in [1.29, 1.82) is 0 Å². The van der Waals surface area contributed by atoms with E-state index >= 15 is 0 Å². The molecule has 8 heteroatoms. The molecule has 1 atom stereocenters. The van der Waals surface area contributed by atoms with E-state index in [2.05, 4.69) is 24.1 Å². The van der Waals surface area contributed by atoms with Gasteiger partial charge in [0.1, 0.15) is 10.4 Å². The predicted molar refractivity (Wildman–Crippen MR) is 117 cm³/mol. The summed E-state index contributed by atoms with van der Waals surface area (Å²) < 4.78 is 0.317. The average Bonchev–Trinajstić information content (AvgIpc) is 2.89. The maximum Gasteiger partial charge on any atom is 0.326 e. The zero-order valence-electron chi connectivity index (χ0n) is 15.3. The minimum atomic E-state index is -1.02. The fourth-order valence-corrected chi connectivity index (χ4v) is 5.20. The van der Waals surface area contributed by atoms with Crippen molar-refractivity contribution in [3.05, 3.63) is 34.2 Å². The summed E-state index contributed by atoms with van der Waals surface area (Å²) in [5, 5.41) is 9.53. The Balaban J connectivity index is 1.85. The van der Waals surface area contributed by atoms with Crippen LogP contribution >= 0.6 is 35.7 Å². The van der Waals surface area contributed by atoms with Crippen LogP contribution in [0.15, 0.2) is 23.1 Å². The lowest BCUT2D eigenvalue weighted by atomic mass is 9.99. The molecule has 27 heavy (non-hydrogen) atoms. The summed E-state index contributed by atoms with van der Waals surface area (Å²) in [6, 6.07) is 5.28. The minimum absolute atomic E-state index is 0.312. The number of hydrogen-bond donors (Lipinski definition) is 1. The number of carboxylic acid groups (broad SMARTS) is 1. The quantitative estimate of drug-likeness (QED) is 0.556. The number of carbonyl (C=O) groups is 2. The van der Waals surface area contributed by atoms with Crippen LogP contribution in [0.25, 0.3) is 6.08 Å². The van der Waals surface area contributed by atoms with E-state index in [1.807, 2.05) is 18.4 Å². The maximum atomic E-state index is 12.8. The van der Waals surface area contributed by atoms with Gasteiger partial charge >= 0.3 is 5.97 Å². The number of fused-ring (bicyclic) bond motifs is 1. The first kappa shape index (κ1) is 20.2. The van der Waals surface area contributed by atoms with Crippen LogP contribution in [-0.4, -0.2) is 57.8 Å². The molecular formula is C19H22N2O3S3. The molecule has 2 aliphatic rings. The molecule has 0 saturated carbocycles.